The quantitative estimate of drug-likeness (QED) is 0.186. The molecule has 12 amide bonds. The van der Waals surface area contributed by atoms with Crippen molar-refractivity contribution in [2.45, 2.75) is 260 Å². The van der Waals surface area contributed by atoms with E-state index in [1.807, 2.05) is 6.92 Å². The van der Waals surface area contributed by atoms with Gasteiger partial charge in [-0.25, -0.2) is 0 Å². The van der Waals surface area contributed by atoms with Crippen molar-refractivity contribution in [2.75, 3.05) is 89.1 Å². The first-order valence-corrected chi connectivity index (χ1v) is 37.9. The number of nitrogens with zero attached hydrogens (tertiary/aromatic N) is 9. The van der Waals surface area contributed by atoms with Crippen LogP contribution < -0.4 is 16.0 Å². The lowest BCUT2D eigenvalue weighted by molar-refractivity contribution is -0.182. The maximum atomic E-state index is 15.7. The molecule has 4 aliphatic carbocycles. The first kappa shape index (κ1) is 84.0. The molecule has 0 radical (unpaired) electrons. The van der Waals surface area contributed by atoms with Crippen LogP contribution in [0, 0.1) is 35.5 Å². The smallest absolute Gasteiger partial charge is 0.343 e. The second-order valence-corrected chi connectivity index (χ2v) is 31.8. The van der Waals surface area contributed by atoms with Crippen LogP contribution in [0.2, 0.25) is 0 Å². The number of likely N-dealkylation sites (N-methyl/N-ethyl adjacent to an activating group) is 8. The molecule has 6 fully saturated rings. The fourth-order valence-corrected chi connectivity index (χ4v) is 16.9. The summed E-state index contributed by atoms with van der Waals surface area (Å²) in [6.07, 6.45) is 6.10. The molecule has 2 aliphatic heterocycles. The van der Waals surface area contributed by atoms with Gasteiger partial charge < -0.3 is 60.0 Å². The SMILES string of the molecule is CC[C@H](C)[C@@H]1NC(=O)[C@H](C)N(C)C(=O)C[C@@H](C(=O)N2CCCCC2)N(C)C(=O)[C@H](C(C)C)N(C)C(=O)C2(CCCC2)NC(=O)[C@H](CC2CCCCC2Cl)N(C)C(=O)[C@H](CCC2CCC(C(F)(F)F)C(Cl)C2)NC(=O)CN(C)C(=O)[C@H](CC2CCCCC2)N(C)C(=O)CN(C)C(=O)CN(C)C1=O. The minimum Gasteiger partial charge on any atom is -0.343 e. The average molecular weight is 1470 g/mol. The summed E-state index contributed by atoms with van der Waals surface area (Å²) in [6.45, 7) is 7.53. The van der Waals surface area contributed by atoms with Crippen LogP contribution in [0.1, 0.15) is 195 Å². The Hall–Kier alpha value is -5.99. The van der Waals surface area contributed by atoms with E-state index in [4.69, 9.17) is 23.2 Å². The van der Waals surface area contributed by atoms with E-state index >= 15 is 19.2 Å². The standard InChI is InChI=1S/C72H117Cl2F3N12O12/c1-14-45(4)61-68(99)83(8)42-59(92)81(6)43-60(93)85(10)55(38-47-25-17-15-18-26-47)66(97)82(7)41-57(90)78-53(32-30-48-29-31-50(52(74)37-48)72(75,76)77)65(96)86(11)54(39-49-27-19-20-28-51(49)73)64(95)80-71(33-21-22-34-71)70(101)88(13)62(44(2)3)69(100)87(12)56(67(98)89-35-23-16-24-36-89)40-58(91)84(9)46(5)63(94)79-61/h44-56,61-62H,14-43H2,1-13H3,(H,78,90)(H,79,94)(H,80,95)/t45-,46-,48?,49?,50?,51?,52?,53-,54-,55-,56-,61-,62-/m0/s1. The minimum atomic E-state index is -4.53. The number of nitrogens with one attached hydrogen (secondary N) is 3. The number of piperidine rings is 1. The maximum Gasteiger partial charge on any atom is 0.393 e. The zero-order valence-corrected chi connectivity index (χ0v) is 63.7. The first-order valence-electron chi connectivity index (χ1n) is 37.1. The van der Waals surface area contributed by atoms with E-state index in [9.17, 15) is 51.5 Å². The highest BCUT2D eigenvalue weighted by Gasteiger charge is 2.51. The first-order chi connectivity index (χ1) is 47.4. The number of likely N-dealkylation sites (tertiary alicyclic amines) is 1. The fraction of sp³-hybridized carbons (Fsp3) is 0.833. The highest BCUT2D eigenvalue weighted by atomic mass is 35.5. The van der Waals surface area contributed by atoms with Gasteiger partial charge in [0.1, 0.15) is 47.8 Å². The number of hydrogen-bond donors (Lipinski definition) is 3. The molecule has 6 aliphatic rings. The molecule has 101 heavy (non-hydrogen) atoms. The van der Waals surface area contributed by atoms with E-state index in [0.717, 1.165) is 71.0 Å². The van der Waals surface area contributed by atoms with Gasteiger partial charge >= 0.3 is 6.18 Å². The van der Waals surface area contributed by atoms with Gasteiger partial charge in [0.05, 0.1) is 32.0 Å². The Labute approximate surface area is 606 Å². The van der Waals surface area contributed by atoms with E-state index in [0.29, 0.717) is 58.0 Å². The molecule has 2 saturated heterocycles. The molecule has 3 N–H and O–H groups in total. The van der Waals surface area contributed by atoms with E-state index < -0.39 is 185 Å². The number of carbonyl (C=O) groups is 12. The zero-order valence-electron chi connectivity index (χ0n) is 62.2. The molecular formula is C72H117Cl2F3N12O12. The molecule has 29 heteroatoms. The summed E-state index contributed by atoms with van der Waals surface area (Å²) in [4.78, 5) is 190. The van der Waals surface area contributed by atoms with Crippen LogP contribution in [0.4, 0.5) is 13.2 Å². The Kier molecular flexibility index (Phi) is 31.3. The largest absolute Gasteiger partial charge is 0.393 e. The van der Waals surface area contributed by atoms with E-state index in [1.165, 1.54) is 82.9 Å². The number of carbonyl (C=O) groups excluding carboxylic acids is 12. The Morgan fingerprint density at radius 1 is 0.564 bits per heavy atom. The van der Waals surface area contributed by atoms with Crippen molar-refractivity contribution in [1.82, 2.24) is 60.0 Å². The lowest BCUT2D eigenvalue weighted by atomic mass is 9.78. The number of halogens is 5. The Morgan fingerprint density at radius 2 is 1.16 bits per heavy atom. The molecule has 572 valence electrons. The number of hydrogen-bond acceptors (Lipinski definition) is 12. The third-order valence-corrected chi connectivity index (χ3v) is 24.2. The molecule has 1 spiro atoms. The van der Waals surface area contributed by atoms with Crippen LogP contribution in [0.15, 0.2) is 0 Å². The predicted octanol–water partition coefficient (Wildman–Crippen LogP) is 6.56. The second-order valence-electron chi connectivity index (χ2n) is 30.7. The lowest BCUT2D eigenvalue weighted by Crippen LogP contribution is -2.65. The Morgan fingerprint density at radius 3 is 1.75 bits per heavy atom. The summed E-state index contributed by atoms with van der Waals surface area (Å²) in [5.74, 6) is -11.5. The van der Waals surface area contributed by atoms with Crippen LogP contribution in [0.25, 0.3) is 0 Å². The summed E-state index contributed by atoms with van der Waals surface area (Å²) in [6, 6.07) is -9.00. The second kappa shape index (κ2) is 37.6. The summed E-state index contributed by atoms with van der Waals surface area (Å²) >= 11 is 13.5. The van der Waals surface area contributed by atoms with Crippen molar-refractivity contribution in [3.05, 3.63) is 0 Å². The molecule has 13 atom stereocenters. The van der Waals surface area contributed by atoms with Crippen molar-refractivity contribution >= 4 is 94.1 Å². The predicted molar refractivity (Wildman–Crippen MR) is 377 cm³/mol. The van der Waals surface area contributed by atoms with Gasteiger partial charge in [0.15, 0.2) is 0 Å². The average Bonchev–Trinajstić information content (AvgIpc) is 1.76. The van der Waals surface area contributed by atoms with Crippen molar-refractivity contribution < 1.29 is 70.7 Å². The molecule has 0 aromatic rings. The van der Waals surface area contributed by atoms with Crippen molar-refractivity contribution in [2.24, 2.45) is 35.5 Å². The Balaban J connectivity index is 1.43. The monoisotopic (exact) mass is 1470 g/mol. The molecule has 2 heterocycles. The van der Waals surface area contributed by atoms with Crippen LogP contribution in [-0.4, -0.2) is 269 Å². The molecule has 6 rings (SSSR count). The van der Waals surface area contributed by atoms with Gasteiger partial charge in [0.2, 0.25) is 70.9 Å². The normalized spacial score (nSPS) is 30.7. The zero-order chi connectivity index (χ0) is 75.1. The fourth-order valence-electron chi connectivity index (χ4n) is 16.0. The minimum absolute atomic E-state index is 0.0186. The van der Waals surface area contributed by atoms with Gasteiger partial charge in [-0.1, -0.05) is 91.9 Å². The van der Waals surface area contributed by atoms with Gasteiger partial charge in [-0.3, -0.25) is 57.5 Å². The summed E-state index contributed by atoms with van der Waals surface area (Å²) < 4.78 is 42.3. The van der Waals surface area contributed by atoms with Crippen molar-refractivity contribution in [3.63, 3.8) is 0 Å². The van der Waals surface area contributed by atoms with Gasteiger partial charge in [-0.2, -0.15) is 13.2 Å². The summed E-state index contributed by atoms with van der Waals surface area (Å²) in [7, 11) is 11.2. The highest BCUT2D eigenvalue weighted by molar-refractivity contribution is 6.21. The third-order valence-electron chi connectivity index (χ3n) is 23.1. The van der Waals surface area contributed by atoms with Crippen molar-refractivity contribution in [3.8, 4) is 0 Å². The van der Waals surface area contributed by atoms with Gasteiger partial charge in [0.25, 0.3) is 0 Å². The van der Waals surface area contributed by atoms with Crippen LogP contribution in [-0.2, 0) is 57.5 Å². The molecule has 0 aromatic carbocycles. The van der Waals surface area contributed by atoms with Gasteiger partial charge in [-0.05, 0) is 126 Å². The molecule has 4 saturated carbocycles. The number of alkyl halides is 5. The van der Waals surface area contributed by atoms with Crippen LogP contribution >= 0.6 is 23.2 Å². The number of rotatable bonds is 11. The van der Waals surface area contributed by atoms with Crippen LogP contribution in [0.5, 0.6) is 0 Å². The van der Waals surface area contributed by atoms with Gasteiger partial charge in [0, 0.05) is 80.2 Å². The molecule has 5 unspecified atom stereocenters. The molecular weight excluding hydrogens is 1350 g/mol. The lowest BCUT2D eigenvalue weighted by Gasteiger charge is -2.42. The third kappa shape index (κ3) is 21.8. The van der Waals surface area contributed by atoms with Gasteiger partial charge in [-0.15, -0.1) is 23.2 Å². The van der Waals surface area contributed by atoms with E-state index in [2.05, 4.69) is 16.0 Å². The van der Waals surface area contributed by atoms with Crippen LogP contribution in [0.3, 0.4) is 0 Å². The summed E-state index contributed by atoms with van der Waals surface area (Å²) in [5.41, 5.74) is -1.63. The molecule has 0 aromatic heterocycles. The van der Waals surface area contributed by atoms with E-state index in [-0.39, 0.29) is 69.6 Å². The topological polar surface area (TPSA) is 270 Å². The molecule has 0 bridgehead atoms. The Bertz CT molecular complexity index is 2910. The maximum absolute atomic E-state index is 15.7. The molecule has 24 nitrogen and oxygen atoms in total. The van der Waals surface area contributed by atoms with E-state index in [1.54, 1.807) is 25.7 Å². The summed E-state index contributed by atoms with van der Waals surface area (Å²) in [5, 5.41) is 7.10. The number of amides is 12. The highest BCUT2D eigenvalue weighted by Crippen LogP contribution is 2.44. The van der Waals surface area contributed by atoms with Crippen molar-refractivity contribution in [1.29, 1.82) is 0 Å².